The van der Waals surface area contributed by atoms with Gasteiger partial charge in [-0.3, -0.25) is 0 Å². The largest absolute Gasteiger partial charge is 0.416 e. The van der Waals surface area contributed by atoms with E-state index >= 15 is 0 Å². The van der Waals surface area contributed by atoms with Crippen molar-refractivity contribution in [3.8, 4) is 0 Å². The molecule has 1 aliphatic rings. The minimum absolute atomic E-state index is 0.454. The summed E-state index contributed by atoms with van der Waals surface area (Å²) in [5.41, 5.74) is 6.91. The molecule has 1 unspecified atom stereocenters. The number of hydrogen-bond donors (Lipinski definition) is 1. The molecule has 2 rings (SSSR count). The van der Waals surface area contributed by atoms with Crippen LogP contribution in [0.2, 0.25) is 0 Å². The van der Waals surface area contributed by atoms with Gasteiger partial charge in [0.25, 0.3) is 0 Å². The Hall–Kier alpha value is -0.810. The average Bonchev–Trinajstić information content (AvgIpc) is 2.80. The van der Waals surface area contributed by atoms with Gasteiger partial charge >= 0.3 is 6.18 Å². The van der Waals surface area contributed by atoms with Gasteiger partial charge in [0.05, 0.1) is 11.6 Å². The lowest BCUT2D eigenvalue weighted by atomic mass is 9.97. The molecule has 5 heteroatoms. The minimum Gasteiger partial charge on any atom is -0.321 e. The van der Waals surface area contributed by atoms with E-state index in [-0.39, 0.29) is 0 Å². The zero-order valence-electron chi connectivity index (χ0n) is 9.60. The lowest BCUT2D eigenvalue weighted by molar-refractivity contribution is -0.137. The van der Waals surface area contributed by atoms with Gasteiger partial charge in [-0.15, -0.1) is 0 Å². The maximum atomic E-state index is 12.7. The molecule has 0 spiro atoms. The third-order valence-corrected chi connectivity index (χ3v) is 3.86. The van der Waals surface area contributed by atoms with Crippen LogP contribution in [0.1, 0.15) is 36.4 Å². The summed E-state index contributed by atoms with van der Waals surface area (Å²) in [6.07, 6.45) is 0.541. The molecule has 0 saturated heterocycles. The van der Waals surface area contributed by atoms with Crippen LogP contribution in [0.3, 0.4) is 0 Å². The van der Waals surface area contributed by atoms with Gasteiger partial charge in [0, 0.05) is 4.47 Å². The molecule has 0 radical (unpaired) electrons. The molecule has 0 bridgehead atoms. The Morgan fingerprint density at radius 1 is 1.28 bits per heavy atom. The van der Waals surface area contributed by atoms with Gasteiger partial charge in [0.2, 0.25) is 0 Å². The van der Waals surface area contributed by atoms with E-state index in [1.807, 2.05) is 6.08 Å². The van der Waals surface area contributed by atoms with Crippen LogP contribution in [0.5, 0.6) is 0 Å². The fourth-order valence-corrected chi connectivity index (χ4v) is 2.63. The number of nitrogens with two attached hydrogens (primary N) is 1. The van der Waals surface area contributed by atoms with Crippen LogP contribution >= 0.6 is 15.9 Å². The molecular weight excluding hydrogens is 307 g/mol. The summed E-state index contributed by atoms with van der Waals surface area (Å²) in [7, 11) is 0. The molecule has 1 nitrogen and oxygen atoms in total. The van der Waals surface area contributed by atoms with E-state index in [0.29, 0.717) is 10.0 Å². The molecule has 0 heterocycles. The molecule has 0 fully saturated rings. The van der Waals surface area contributed by atoms with E-state index in [1.165, 1.54) is 6.07 Å². The second-order valence-corrected chi connectivity index (χ2v) is 5.24. The topological polar surface area (TPSA) is 26.0 Å². The van der Waals surface area contributed by atoms with E-state index in [1.54, 1.807) is 0 Å². The monoisotopic (exact) mass is 319 g/mol. The van der Waals surface area contributed by atoms with Crippen molar-refractivity contribution in [3.05, 3.63) is 45.4 Å². The summed E-state index contributed by atoms with van der Waals surface area (Å²) in [5, 5.41) is 0. The molecule has 1 aliphatic carbocycles. The molecular formula is C13H13BrF3N. The third kappa shape index (κ3) is 2.78. The fraction of sp³-hybridized carbons (Fsp3) is 0.385. The molecule has 0 aliphatic heterocycles. The van der Waals surface area contributed by atoms with Crippen molar-refractivity contribution in [2.75, 3.05) is 0 Å². The summed E-state index contributed by atoms with van der Waals surface area (Å²) in [6, 6.07) is 3.15. The van der Waals surface area contributed by atoms with Crippen LogP contribution in [0.15, 0.2) is 34.3 Å². The molecule has 0 saturated carbocycles. The van der Waals surface area contributed by atoms with Gasteiger partial charge in [0.1, 0.15) is 0 Å². The second kappa shape index (κ2) is 5.05. The van der Waals surface area contributed by atoms with Gasteiger partial charge in [-0.2, -0.15) is 13.2 Å². The van der Waals surface area contributed by atoms with Crippen molar-refractivity contribution in [1.82, 2.24) is 0 Å². The van der Waals surface area contributed by atoms with E-state index in [4.69, 9.17) is 5.73 Å². The van der Waals surface area contributed by atoms with Crippen molar-refractivity contribution in [3.63, 3.8) is 0 Å². The molecule has 98 valence electrons. The van der Waals surface area contributed by atoms with Crippen LogP contribution in [0.4, 0.5) is 13.2 Å². The maximum absolute atomic E-state index is 12.7. The molecule has 0 amide bonds. The summed E-state index contributed by atoms with van der Waals surface area (Å²) in [6.45, 7) is 0. The number of benzene rings is 1. The summed E-state index contributed by atoms with van der Waals surface area (Å²) in [5.74, 6) is 0. The number of rotatable bonds is 2. The van der Waals surface area contributed by atoms with E-state index in [0.717, 1.165) is 37.0 Å². The number of alkyl halides is 3. The average molecular weight is 320 g/mol. The zero-order valence-corrected chi connectivity index (χ0v) is 11.2. The lowest BCUT2D eigenvalue weighted by Gasteiger charge is -2.17. The summed E-state index contributed by atoms with van der Waals surface area (Å²) in [4.78, 5) is 0. The predicted octanol–water partition coefficient (Wildman–Crippen LogP) is 4.58. The number of halogens is 4. The van der Waals surface area contributed by atoms with Crippen LogP contribution in [-0.2, 0) is 6.18 Å². The highest BCUT2D eigenvalue weighted by Gasteiger charge is 2.31. The Morgan fingerprint density at radius 3 is 2.56 bits per heavy atom. The van der Waals surface area contributed by atoms with E-state index in [9.17, 15) is 13.2 Å². The standard InChI is InChI=1S/C13H13BrF3N/c14-11-6-5-9(13(15,16)17)7-10(11)12(18)8-3-1-2-4-8/h3,5-7,12H,1-2,4,18H2. The maximum Gasteiger partial charge on any atom is 0.416 e. The van der Waals surface area contributed by atoms with Crippen molar-refractivity contribution in [2.24, 2.45) is 5.73 Å². The first-order valence-corrected chi connectivity index (χ1v) is 6.50. The molecule has 2 N–H and O–H groups in total. The smallest absolute Gasteiger partial charge is 0.321 e. The van der Waals surface area contributed by atoms with Crippen molar-refractivity contribution >= 4 is 15.9 Å². The van der Waals surface area contributed by atoms with Crippen LogP contribution in [0.25, 0.3) is 0 Å². The quantitative estimate of drug-likeness (QED) is 0.793. The number of allylic oxidation sites excluding steroid dienone is 1. The normalized spacial score (nSPS) is 17.7. The first kappa shape index (κ1) is 13.6. The van der Waals surface area contributed by atoms with Gasteiger partial charge in [-0.05, 0) is 43.0 Å². The van der Waals surface area contributed by atoms with Crippen LogP contribution in [0, 0.1) is 0 Å². The molecule has 1 aromatic rings. The summed E-state index contributed by atoms with van der Waals surface area (Å²) < 4.78 is 38.6. The minimum atomic E-state index is -4.33. The van der Waals surface area contributed by atoms with Gasteiger partial charge in [0.15, 0.2) is 0 Å². The van der Waals surface area contributed by atoms with Gasteiger partial charge in [-0.1, -0.05) is 27.6 Å². The highest BCUT2D eigenvalue weighted by atomic mass is 79.9. The Morgan fingerprint density at radius 2 is 2.00 bits per heavy atom. The SMILES string of the molecule is NC(C1=CCCC1)c1cc(C(F)(F)F)ccc1Br. The van der Waals surface area contributed by atoms with Crippen LogP contribution < -0.4 is 5.73 Å². The van der Waals surface area contributed by atoms with Gasteiger partial charge < -0.3 is 5.73 Å². The molecule has 1 atom stereocenters. The Labute approximate surface area is 112 Å². The number of hydrogen-bond acceptors (Lipinski definition) is 1. The first-order chi connectivity index (χ1) is 8.39. The highest BCUT2D eigenvalue weighted by Crippen LogP contribution is 2.37. The lowest BCUT2D eigenvalue weighted by Crippen LogP contribution is -2.15. The highest BCUT2D eigenvalue weighted by molar-refractivity contribution is 9.10. The Kier molecular flexibility index (Phi) is 3.82. The summed E-state index contributed by atoms with van der Waals surface area (Å²) >= 11 is 3.27. The first-order valence-electron chi connectivity index (χ1n) is 5.71. The molecule has 18 heavy (non-hydrogen) atoms. The van der Waals surface area contributed by atoms with E-state index < -0.39 is 17.8 Å². The predicted molar refractivity (Wildman–Crippen MR) is 68.0 cm³/mol. The molecule has 0 aromatic heterocycles. The second-order valence-electron chi connectivity index (χ2n) is 4.38. The molecule has 1 aromatic carbocycles. The van der Waals surface area contributed by atoms with Crippen molar-refractivity contribution in [2.45, 2.75) is 31.5 Å². The van der Waals surface area contributed by atoms with Crippen LogP contribution in [-0.4, -0.2) is 0 Å². The van der Waals surface area contributed by atoms with Crippen molar-refractivity contribution < 1.29 is 13.2 Å². The fourth-order valence-electron chi connectivity index (χ4n) is 2.14. The van der Waals surface area contributed by atoms with Gasteiger partial charge in [-0.25, -0.2) is 0 Å². The Balaban J connectivity index is 2.37. The van der Waals surface area contributed by atoms with E-state index in [2.05, 4.69) is 15.9 Å². The Bertz CT molecular complexity index is 480. The zero-order chi connectivity index (χ0) is 13.3. The van der Waals surface area contributed by atoms with Crippen molar-refractivity contribution in [1.29, 1.82) is 0 Å². The third-order valence-electron chi connectivity index (χ3n) is 3.13.